The van der Waals surface area contributed by atoms with Crippen molar-refractivity contribution < 1.29 is 9.59 Å². The van der Waals surface area contributed by atoms with E-state index in [1.165, 1.54) is 5.56 Å². The maximum atomic E-state index is 12.5. The van der Waals surface area contributed by atoms with Gasteiger partial charge in [0.25, 0.3) is 0 Å². The molecule has 5 nitrogen and oxygen atoms in total. The Morgan fingerprint density at radius 2 is 1.77 bits per heavy atom. The Bertz CT molecular complexity index is 577. The number of β-lactam (4-membered cyclic amide) rings is 1. The topological polar surface area (TPSA) is 43.9 Å². The molecule has 5 heteroatoms. The van der Waals surface area contributed by atoms with Gasteiger partial charge in [-0.15, -0.1) is 0 Å². The lowest BCUT2D eigenvalue weighted by Gasteiger charge is -2.58. The van der Waals surface area contributed by atoms with Gasteiger partial charge in [-0.1, -0.05) is 30.3 Å². The minimum atomic E-state index is -0.320. The number of carbonyl (C=O) groups excluding carboxylic acids is 2. The fourth-order valence-electron chi connectivity index (χ4n) is 3.94. The SMILES string of the molecule is CN(C)C(=O)N1CCC2(CC1)C(=O)N(C)C2c1ccccc1. The molecule has 2 saturated heterocycles. The predicted octanol–water partition coefficient (Wildman–Crippen LogP) is 1.96. The smallest absolute Gasteiger partial charge is 0.319 e. The third kappa shape index (κ3) is 2.07. The molecule has 1 aromatic rings. The van der Waals surface area contributed by atoms with Gasteiger partial charge < -0.3 is 14.7 Å². The zero-order chi connectivity index (χ0) is 15.9. The summed E-state index contributed by atoms with van der Waals surface area (Å²) in [5.74, 6) is 0.221. The van der Waals surface area contributed by atoms with E-state index in [9.17, 15) is 9.59 Å². The van der Waals surface area contributed by atoms with Crippen LogP contribution in [0.1, 0.15) is 24.4 Å². The number of carbonyl (C=O) groups is 2. The Morgan fingerprint density at radius 1 is 1.18 bits per heavy atom. The highest BCUT2D eigenvalue weighted by molar-refractivity contribution is 5.91. The van der Waals surface area contributed by atoms with E-state index in [0.717, 1.165) is 12.8 Å². The molecule has 0 saturated carbocycles. The van der Waals surface area contributed by atoms with Gasteiger partial charge in [0.2, 0.25) is 5.91 Å². The monoisotopic (exact) mass is 301 g/mol. The van der Waals surface area contributed by atoms with Crippen LogP contribution < -0.4 is 0 Å². The highest BCUT2D eigenvalue weighted by atomic mass is 16.2. The van der Waals surface area contributed by atoms with Crippen LogP contribution in [0.3, 0.4) is 0 Å². The summed E-state index contributed by atoms with van der Waals surface area (Å²) in [7, 11) is 5.41. The number of likely N-dealkylation sites (tertiary alicyclic amines) is 2. The molecule has 1 atom stereocenters. The van der Waals surface area contributed by atoms with Crippen molar-refractivity contribution in [3.63, 3.8) is 0 Å². The summed E-state index contributed by atoms with van der Waals surface area (Å²) in [4.78, 5) is 29.9. The quantitative estimate of drug-likeness (QED) is 0.744. The standard InChI is InChI=1S/C17H23N3O2/c1-18(2)16(22)20-11-9-17(10-12-20)14(19(3)15(17)21)13-7-5-4-6-8-13/h4-8,14H,9-12H2,1-3H3. The number of nitrogens with zero attached hydrogens (tertiary/aromatic N) is 3. The lowest BCUT2D eigenvalue weighted by Crippen LogP contribution is -2.65. The summed E-state index contributed by atoms with van der Waals surface area (Å²) in [5.41, 5.74) is 0.871. The van der Waals surface area contributed by atoms with Crippen molar-refractivity contribution in [2.45, 2.75) is 18.9 Å². The van der Waals surface area contributed by atoms with Crippen molar-refractivity contribution in [3.8, 4) is 0 Å². The lowest BCUT2D eigenvalue weighted by molar-refractivity contribution is -0.176. The van der Waals surface area contributed by atoms with E-state index in [1.807, 2.05) is 35.0 Å². The second kappa shape index (κ2) is 5.30. The first kappa shape index (κ1) is 14.9. The van der Waals surface area contributed by atoms with Crippen molar-refractivity contribution in [3.05, 3.63) is 35.9 Å². The minimum absolute atomic E-state index is 0.0336. The molecule has 118 valence electrons. The van der Waals surface area contributed by atoms with E-state index in [0.29, 0.717) is 13.1 Å². The Morgan fingerprint density at radius 3 is 2.32 bits per heavy atom. The predicted molar refractivity (Wildman–Crippen MR) is 84.3 cm³/mol. The first-order chi connectivity index (χ1) is 10.5. The molecular formula is C17H23N3O2. The molecule has 0 aliphatic carbocycles. The molecule has 22 heavy (non-hydrogen) atoms. The normalized spacial score (nSPS) is 23.4. The number of urea groups is 1. The van der Waals surface area contributed by atoms with Crippen molar-refractivity contribution in [2.75, 3.05) is 34.2 Å². The number of hydrogen-bond acceptors (Lipinski definition) is 2. The lowest BCUT2D eigenvalue weighted by atomic mass is 9.62. The van der Waals surface area contributed by atoms with Crippen LogP contribution in [0.4, 0.5) is 4.79 Å². The summed E-state index contributed by atoms with van der Waals surface area (Å²) in [6.07, 6.45) is 1.49. The van der Waals surface area contributed by atoms with Crippen LogP contribution in [0.2, 0.25) is 0 Å². The molecule has 3 rings (SSSR count). The van der Waals surface area contributed by atoms with Crippen LogP contribution >= 0.6 is 0 Å². The molecule has 2 heterocycles. The maximum Gasteiger partial charge on any atom is 0.319 e. The van der Waals surface area contributed by atoms with E-state index >= 15 is 0 Å². The molecule has 2 fully saturated rings. The van der Waals surface area contributed by atoms with Gasteiger partial charge >= 0.3 is 6.03 Å². The van der Waals surface area contributed by atoms with Crippen molar-refractivity contribution in [1.82, 2.24) is 14.7 Å². The minimum Gasteiger partial charge on any atom is -0.337 e. The van der Waals surface area contributed by atoms with Gasteiger partial charge in [0, 0.05) is 34.2 Å². The van der Waals surface area contributed by atoms with Crippen LogP contribution in [0.5, 0.6) is 0 Å². The highest BCUT2D eigenvalue weighted by Gasteiger charge is 2.60. The van der Waals surface area contributed by atoms with Crippen LogP contribution in [0, 0.1) is 5.41 Å². The number of amides is 3. The van der Waals surface area contributed by atoms with E-state index in [4.69, 9.17) is 0 Å². The summed E-state index contributed by atoms with van der Waals surface area (Å²) in [5, 5.41) is 0. The molecule has 1 spiro atoms. The zero-order valence-electron chi connectivity index (χ0n) is 13.5. The van der Waals surface area contributed by atoms with Gasteiger partial charge in [-0.25, -0.2) is 4.79 Å². The second-order valence-electron chi connectivity index (χ2n) is 6.55. The largest absolute Gasteiger partial charge is 0.337 e. The highest BCUT2D eigenvalue weighted by Crippen LogP contribution is 2.55. The molecule has 1 aromatic carbocycles. The Balaban J connectivity index is 1.79. The molecule has 0 aromatic heterocycles. The van der Waals surface area contributed by atoms with Gasteiger partial charge in [0.1, 0.15) is 0 Å². The first-order valence-electron chi connectivity index (χ1n) is 7.76. The summed E-state index contributed by atoms with van der Waals surface area (Å²) < 4.78 is 0. The molecule has 2 aliphatic rings. The summed E-state index contributed by atoms with van der Waals surface area (Å²) in [6.45, 7) is 1.31. The molecular weight excluding hydrogens is 278 g/mol. The fraction of sp³-hybridized carbons (Fsp3) is 0.529. The number of rotatable bonds is 1. The molecule has 0 bridgehead atoms. The van der Waals surface area contributed by atoms with E-state index in [1.54, 1.807) is 19.0 Å². The van der Waals surface area contributed by atoms with Crippen LogP contribution in [0.15, 0.2) is 30.3 Å². The Kier molecular flexibility index (Phi) is 3.59. The van der Waals surface area contributed by atoms with E-state index in [-0.39, 0.29) is 23.4 Å². The molecule has 0 radical (unpaired) electrons. The summed E-state index contributed by atoms with van der Waals surface area (Å²) >= 11 is 0. The van der Waals surface area contributed by atoms with Gasteiger partial charge in [0.05, 0.1) is 11.5 Å². The van der Waals surface area contributed by atoms with Crippen LogP contribution in [-0.4, -0.2) is 60.9 Å². The number of hydrogen-bond donors (Lipinski definition) is 0. The zero-order valence-corrected chi connectivity index (χ0v) is 13.5. The van der Waals surface area contributed by atoms with Crippen LogP contribution in [-0.2, 0) is 4.79 Å². The molecule has 2 aliphatic heterocycles. The summed E-state index contributed by atoms with van der Waals surface area (Å²) in [6, 6.07) is 10.4. The van der Waals surface area contributed by atoms with E-state index < -0.39 is 0 Å². The fourth-order valence-corrected chi connectivity index (χ4v) is 3.94. The molecule has 1 unspecified atom stereocenters. The average molecular weight is 301 g/mol. The molecule has 0 N–H and O–H groups in total. The Hall–Kier alpha value is -2.04. The maximum absolute atomic E-state index is 12.5. The Labute approximate surface area is 131 Å². The van der Waals surface area contributed by atoms with Gasteiger partial charge in [-0.05, 0) is 18.4 Å². The van der Waals surface area contributed by atoms with Crippen molar-refractivity contribution >= 4 is 11.9 Å². The molecule has 3 amide bonds. The third-order valence-corrected chi connectivity index (χ3v) is 5.08. The van der Waals surface area contributed by atoms with Crippen molar-refractivity contribution in [2.24, 2.45) is 5.41 Å². The second-order valence-corrected chi connectivity index (χ2v) is 6.55. The average Bonchev–Trinajstić information content (AvgIpc) is 2.55. The van der Waals surface area contributed by atoms with E-state index in [2.05, 4.69) is 12.1 Å². The number of benzene rings is 1. The van der Waals surface area contributed by atoms with Gasteiger partial charge in [0.15, 0.2) is 0 Å². The van der Waals surface area contributed by atoms with Crippen molar-refractivity contribution in [1.29, 1.82) is 0 Å². The number of piperidine rings is 1. The van der Waals surface area contributed by atoms with Gasteiger partial charge in [-0.2, -0.15) is 0 Å². The van der Waals surface area contributed by atoms with Crippen LogP contribution in [0.25, 0.3) is 0 Å². The third-order valence-electron chi connectivity index (χ3n) is 5.08. The van der Waals surface area contributed by atoms with Gasteiger partial charge in [-0.3, -0.25) is 4.79 Å². The first-order valence-corrected chi connectivity index (χ1v) is 7.76.